The number of hydrogen-bond acceptors (Lipinski definition) is 1. The van der Waals surface area contributed by atoms with E-state index in [1.165, 1.54) is 6.07 Å². The third-order valence-corrected chi connectivity index (χ3v) is 2.84. The van der Waals surface area contributed by atoms with Crippen LogP contribution in [0, 0.1) is 12.7 Å². The first kappa shape index (κ1) is 9.68. The molecule has 2 N–H and O–H groups in total. The zero-order valence-corrected chi connectivity index (χ0v) is 8.49. The number of rotatable bonds is 2. The molecule has 1 nitrogen and oxygen atoms in total. The molecule has 0 saturated heterocycles. The average molecular weight is 232 g/mol. The van der Waals surface area contributed by atoms with Crippen molar-refractivity contribution in [2.45, 2.75) is 13.3 Å². The van der Waals surface area contributed by atoms with E-state index in [1.54, 1.807) is 6.07 Å². The lowest BCUT2D eigenvalue weighted by Crippen LogP contribution is -2.04. The van der Waals surface area contributed by atoms with Crippen LogP contribution in [-0.2, 0) is 6.42 Å². The first-order valence-electron chi connectivity index (χ1n) is 3.80. The molecule has 0 aliphatic heterocycles. The minimum absolute atomic E-state index is 0.215. The molecule has 0 atom stereocenters. The summed E-state index contributed by atoms with van der Waals surface area (Å²) in [5, 5.41) is 0. The Morgan fingerprint density at radius 1 is 1.50 bits per heavy atom. The number of benzene rings is 1. The molecule has 0 aliphatic rings. The van der Waals surface area contributed by atoms with E-state index in [4.69, 9.17) is 5.73 Å². The van der Waals surface area contributed by atoms with Crippen molar-refractivity contribution >= 4 is 15.9 Å². The van der Waals surface area contributed by atoms with Crippen LogP contribution in [0.5, 0.6) is 0 Å². The largest absolute Gasteiger partial charge is 0.330 e. The third-order valence-electron chi connectivity index (χ3n) is 1.87. The maximum absolute atomic E-state index is 12.9. The van der Waals surface area contributed by atoms with Crippen LogP contribution < -0.4 is 5.73 Å². The van der Waals surface area contributed by atoms with Crippen molar-refractivity contribution < 1.29 is 4.39 Å². The lowest BCUT2D eigenvalue weighted by Gasteiger charge is -2.06. The molecule has 0 spiro atoms. The summed E-state index contributed by atoms with van der Waals surface area (Å²) in [7, 11) is 0. The van der Waals surface area contributed by atoms with Crippen LogP contribution in [0.4, 0.5) is 4.39 Å². The van der Waals surface area contributed by atoms with E-state index in [2.05, 4.69) is 15.9 Å². The Kier molecular flexibility index (Phi) is 3.23. The summed E-state index contributed by atoms with van der Waals surface area (Å²) in [4.78, 5) is 0. The van der Waals surface area contributed by atoms with Gasteiger partial charge in [0.05, 0.1) is 4.47 Å². The highest BCUT2D eigenvalue weighted by molar-refractivity contribution is 9.10. The highest BCUT2D eigenvalue weighted by atomic mass is 79.9. The topological polar surface area (TPSA) is 26.0 Å². The number of nitrogens with two attached hydrogens (primary N) is 1. The predicted octanol–water partition coefficient (Wildman–Crippen LogP) is 2.40. The smallest absolute Gasteiger partial charge is 0.137 e. The molecule has 0 saturated carbocycles. The SMILES string of the molecule is Cc1c(CCN)ccc(F)c1Br. The van der Waals surface area contributed by atoms with E-state index in [-0.39, 0.29) is 5.82 Å². The van der Waals surface area contributed by atoms with Crippen molar-refractivity contribution in [1.82, 2.24) is 0 Å². The van der Waals surface area contributed by atoms with Crippen molar-refractivity contribution in [3.63, 3.8) is 0 Å². The summed E-state index contributed by atoms with van der Waals surface area (Å²) in [5.74, 6) is -0.215. The van der Waals surface area contributed by atoms with Gasteiger partial charge in [0.2, 0.25) is 0 Å². The Bertz CT molecular complexity index is 286. The summed E-state index contributed by atoms with van der Waals surface area (Å²) in [6.07, 6.45) is 0.796. The van der Waals surface area contributed by atoms with Gasteiger partial charge in [0.1, 0.15) is 5.82 Å². The third kappa shape index (κ3) is 1.84. The molecule has 1 rings (SSSR count). The van der Waals surface area contributed by atoms with Crippen molar-refractivity contribution in [2.75, 3.05) is 6.54 Å². The molecule has 0 heterocycles. The van der Waals surface area contributed by atoms with Gasteiger partial charge < -0.3 is 5.73 Å². The van der Waals surface area contributed by atoms with Gasteiger partial charge in [-0.1, -0.05) is 6.07 Å². The molecule has 0 aliphatic carbocycles. The van der Waals surface area contributed by atoms with Crippen LogP contribution in [0.2, 0.25) is 0 Å². The molecule has 0 bridgehead atoms. The molecular weight excluding hydrogens is 221 g/mol. The van der Waals surface area contributed by atoms with Crippen LogP contribution in [0.3, 0.4) is 0 Å². The summed E-state index contributed by atoms with van der Waals surface area (Å²) >= 11 is 3.18. The van der Waals surface area contributed by atoms with E-state index in [9.17, 15) is 4.39 Å². The van der Waals surface area contributed by atoms with Gasteiger partial charge in [0, 0.05) is 0 Å². The highest BCUT2D eigenvalue weighted by Crippen LogP contribution is 2.23. The Morgan fingerprint density at radius 3 is 2.75 bits per heavy atom. The van der Waals surface area contributed by atoms with E-state index in [1.807, 2.05) is 6.92 Å². The van der Waals surface area contributed by atoms with Gasteiger partial charge >= 0.3 is 0 Å². The van der Waals surface area contributed by atoms with Crippen molar-refractivity contribution in [3.8, 4) is 0 Å². The first-order chi connectivity index (χ1) is 5.66. The summed E-state index contributed by atoms with van der Waals surface area (Å²) in [6, 6.07) is 3.24. The minimum Gasteiger partial charge on any atom is -0.330 e. The zero-order valence-electron chi connectivity index (χ0n) is 6.90. The summed E-state index contributed by atoms with van der Waals surface area (Å²) in [5.41, 5.74) is 7.46. The maximum atomic E-state index is 12.9. The average Bonchev–Trinajstić information content (AvgIpc) is 2.07. The molecule has 1 aromatic rings. The Balaban J connectivity index is 3.08. The lowest BCUT2D eigenvalue weighted by molar-refractivity contribution is 0.618. The molecule has 0 radical (unpaired) electrons. The number of hydrogen-bond donors (Lipinski definition) is 1. The van der Waals surface area contributed by atoms with E-state index in [0.717, 1.165) is 17.5 Å². The summed E-state index contributed by atoms with van der Waals surface area (Å²) in [6.45, 7) is 2.48. The quantitative estimate of drug-likeness (QED) is 0.832. The number of halogens is 2. The molecule has 1 aromatic carbocycles. The molecule has 12 heavy (non-hydrogen) atoms. The van der Waals surface area contributed by atoms with Gasteiger partial charge in [0.15, 0.2) is 0 Å². The normalized spacial score (nSPS) is 10.3. The monoisotopic (exact) mass is 231 g/mol. The van der Waals surface area contributed by atoms with Crippen LogP contribution in [0.15, 0.2) is 16.6 Å². The Hall–Kier alpha value is -0.410. The fourth-order valence-electron chi connectivity index (χ4n) is 1.12. The van der Waals surface area contributed by atoms with Gasteiger partial charge in [0.25, 0.3) is 0 Å². The van der Waals surface area contributed by atoms with Gasteiger partial charge in [-0.05, 0) is 53.0 Å². The van der Waals surface area contributed by atoms with Crippen molar-refractivity contribution in [2.24, 2.45) is 5.73 Å². The van der Waals surface area contributed by atoms with E-state index >= 15 is 0 Å². The lowest BCUT2D eigenvalue weighted by atomic mass is 10.1. The Morgan fingerprint density at radius 2 is 2.17 bits per heavy atom. The molecule has 0 amide bonds. The molecule has 0 fully saturated rings. The molecule has 0 aromatic heterocycles. The van der Waals surface area contributed by atoms with Gasteiger partial charge in [-0.25, -0.2) is 4.39 Å². The van der Waals surface area contributed by atoms with Crippen molar-refractivity contribution in [3.05, 3.63) is 33.5 Å². The van der Waals surface area contributed by atoms with Gasteiger partial charge in [-0.2, -0.15) is 0 Å². The second kappa shape index (κ2) is 4.01. The van der Waals surface area contributed by atoms with Gasteiger partial charge in [-0.3, -0.25) is 0 Å². The highest BCUT2D eigenvalue weighted by Gasteiger charge is 2.05. The van der Waals surface area contributed by atoms with Gasteiger partial charge in [-0.15, -0.1) is 0 Å². The molecule has 66 valence electrons. The second-order valence-corrected chi connectivity index (χ2v) is 3.48. The predicted molar refractivity (Wildman–Crippen MR) is 51.6 cm³/mol. The second-order valence-electron chi connectivity index (χ2n) is 2.68. The molecule has 0 unspecified atom stereocenters. The minimum atomic E-state index is -0.215. The van der Waals surface area contributed by atoms with Crippen LogP contribution in [0.1, 0.15) is 11.1 Å². The summed E-state index contributed by atoms with van der Waals surface area (Å²) < 4.78 is 13.5. The molecular formula is C9H11BrFN. The van der Waals surface area contributed by atoms with Crippen molar-refractivity contribution in [1.29, 1.82) is 0 Å². The van der Waals surface area contributed by atoms with Crippen LogP contribution in [0.25, 0.3) is 0 Å². The zero-order chi connectivity index (χ0) is 9.14. The van der Waals surface area contributed by atoms with Crippen LogP contribution in [-0.4, -0.2) is 6.54 Å². The Labute approximate surface area is 79.9 Å². The standard InChI is InChI=1S/C9H11BrFN/c1-6-7(4-5-12)2-3-8(11)9(6)10/h2-3H,4-5,12H2,1H3. The fourth-order valence-corrected chi connectivity index (χ4v) is 1.51. The first-order valence-corrected chi connectivity index (χ1v) is 4.59. The molecule has 3 heteroatoms. The van der Waals surface area contributed by atoms with Crippen LogP contribution >= 0.6 is 15.9 Å². The van der Waals surface area contributed by atoms with E-state index in [0.29, 0.717) is 11.0 Å². The fraction of sp³-hybridized carbons (Fsp3) is 0.333. The maximum Gasteiger partial charge on any atom is 0.137 e. The van der Waals surface area contributed by atoms with E-state index < -0.39 is 0 Å².